The van der Waals surface area contributed by atoms with E-state index in [4.69, 9.17) is 5.11 Å². The number of phenols is 1. The maximum atomic E-state index is 10.6. The first-order valence-electron chi connectivity index (χ1n) is 5.89. The first-order valence-corrected chi connectivity index (χ1v) is 5.89. The monoisotopic (exact) mass is 235 g/mol. The third kappa shape index (κ3) is 3.75. The van der Waals surface area contributed by atoms with Gasteiger partial charge in [0.1, 0.15) is 5.75 Å². The molecule has 1 aliphatic carbocycles. The number of hydrogen-bond donors (Lipinski definition) is 2. The van der Waals surface area contributed by atoms with Gasteiger partial charge >= 0.3 is 5.97 Å². The zero-order valence-electron chi connectivity index (χ0n) is 9.67. The zero-order chi connectivity index (χ0) is 12.3. The maximum Gasteiger partial charge on any atom is 0.304 e. The van der Waals surface area contributed by atoms with Gasteiger partial charge < -0.3 is 10.2 Å². The number of carbonyl (C=O) groups is 1. The summed E-state index contributed by atoms with van der Waals surface area (Å²) in [6, 6.07) is 7.63. The third-order valence-electron chi connectivity index (χ3n) is 3.00. The van der Waals surface area contributed by atoms with E-state index >= 15 is 0 Å². The third-order valence-corrected chi connectivity index (χ3v) is 3.00. The van der Waals surface area contributed by atoms with E-state index in [1.165, 1.54) is 0 Å². The molecule has 1 fully saturated rings. The number of rotatable bonds is 6. The number of benzene rings is 1. The van der Waals surface area contributed by atoms with Crippen LogP contribution in [0.5, 0.6) is 5.75 Å². The van der Waals surface area contributed by atoms with E-state index in [0.717, 1.165) is 24.9 Å². The summed E-state index contributed by atoms with van der Waals surface area (Å²) in [7, 11) is 0. The zero-order valence-corrected chi connectivity index (χ0v) is 9.67. The van der Waals surface area contributed by atoms with Gasteiger partial charge in [-0.15, -0.1) is 0 Å². The van der Waals surface area contributed by atoms with Crippen LogP contribution < -0.4 is 0 Å². The minimum absolute atomic E-state index is 0.189. The summed E-state index contributed by atoms with van der Waals surface area (Å²) in [6.45, 7) is 1.36. The number of carboxylic acids is 1. The second-order valence-corrected chi connectivity index (χ2v) is 4.51. The highest BCUT2D eigenvalue weighted by atomic mass is 16.4. The normalized spacial score (nSPS) is 15.1. The lowest BCUT2D eigenvalue weighted by Crippen LogP contribution is -2.28. The highest BCUT2D eigenvalue weighted by Gasteiger charge is 2.28. The van der Waals surface area contributed by atoms with Crippen molar-refractivity contribution < 1.29 is 15.0 Å². The predicted octanol–water partition coefficient (Wildman–Crippen LogP) is 1.83. The molecular weight excluding hydrogens is 218 g/mol. The molecule has 1 aromatic carbocycles. The van der Waals surface area contributed by atoms with E-state index in [1.807, 2.05) is 12.1 Å². The Kier molecular flexibility index (Phi) is 3.64. The van der Waals surface area contributed by atoms with Gasteiger partial charge in [-0.2, -0.15) is 0 Å². The number of carboxylic acid groups (broad SMARTS) is 1. The standard InChI is InChI=1S/C13H17NO3/c15-12-5-1-10(2-6-12)9-14(11-3-4-11)8-7-13(16)17/h1-2,5-6,11,15H,3-4,7-9H2,(H,16,17). The molecule has 4 heteroatoms. The Balaban J connectivity index is 1.92. The molecule has 4 nitrogen and oxygen atoms in total. The molecule has 1 aliphatic rings. The van der Waals surface area contributed by atoms with Crippen molar-refractivity contribution >= 4 is 5.97 Å². The molecule has 0 unspecified atom stereocenters. The quantitative estimate of drug-likeness (QED) is 0.789. The molecule has 0 heterocycles. The molecular formula is C13H17NO3. The molecule has 2 rings (SSSR count). The summed E-state index contributed by atoms with van der Waals surface area (Å²) in [5.41, 5.74) is 1.11. The lowest BCUT2D eigenvalue weighted by Gasteiger charge is -2.21. The summed E-state index contributed by atoms with van der Waals surface area (Å²) in [5, 5.41) is 17.9. The van der Waals surface area contributed by atoms with Crippen LogP contribution in [0.1, 0.15) is 24.8 Å². The Hall–Kier alpha value is -1.55. The fourth-order valence-corrected chi connectivity index (χ4v) is 1.91. The average molecular weight is 235 g/mol. The van der Waals surface area contributed by atoms with Crippen molar-refractivity contribution in [1.29, 1.82) is 0 Å². The lowest BCUT2D eigenvalue weighted by molar-refractivity contribution is -0.137. The molecule has 0 radical (unpaired) electrons. The summed E-state index contributed by atoms with van der Waals surface area (Å²) < 4.78 is 0. The molecule has 0 bridgehead atoms. The summed E-state index contributed by atoms with van der Waals surface area (Å²) >= 11 is 0. The highest BCUT2D eigenvalue weighted by molar-refractivity contribution is 5.66. The lowest BCUT2D eigenvalue weighted by atomic mass is 10.2. The van der Waals surface area contributed by atoms with Crippen LogP contribution in [0.4, 0.5) is 0 Å². The van der Waals surface area contributed by atoms with Gasteiger partial charge in [0.2, 0.25) is 0 Å². The smallest absolute Gasteiger partial charge is 0.304 e. The average Bonchev–Trinajstić information content (AvgIpc) is 3.10. The number of hydrogen-bond acceptors (Lipinski definition) is 3. The fourth-order valence-electron chi connectivity index (χ4n) is 1.91. The van der Waals surface area contributed by atoms with Crippen molar-refractivity contribution in [2.24, 2.45) is 0 Å². The summed E-state index contributed by atoms with van der Waals surface area (Å²) in [5.74, 6) is -0.487. The first kappa shape index (κ1) is 11.9. The van der Waals surface area contributed by atoms with Crippen molar-refractivity contribution in [1.82, 2.24) is 4.90 Å². The Bertz CT molecular complexity index is 384. The minimum atomic E-state index is -0.749. The van der Waals surface area contributed by atoms with Gasteiger partial charge in [0.05, 0.1) is 6.42 Å². The number of phenolic OH excluding ortho intramolecular Hbond substituents is 1. The molecule has 0 saturated heterocycles. The molecule has 1 aromatic rings. The van der Waals surface area contributed by atoms with Gasteiger partial charge in [0, 0.05) is 19.1 Å². The SMILES string of the molecule is O=C(O)CCN(Cc1ccc(O)cc1)C1CC1. The van der Waals surface area contributed by atoms with E-state index in [9.17, 15) is 9.90 Å². The minimum Gasteiger partial charge on any atom is -0.508 e. The van der Waals surface area contributed by atoms with Crippen LogP contribution in [-0.2, 0) is 11.3 Å². The van der Waals surface area contributed by atoms with Crippen molar-refractivity contribution in [3.63, 3.8) is 0 Å². The number of aliphatic carboxylic acids is 1. The molecule has 17 heavy (non-hydrogen) atoms. The Morgan fingerprint density at radius 1 is 1.29 bits per heavy atom. The van der Waals surface area contributed by atoms with Gasteiger partial charge in [0.25, 0.3) is 0 Å². The molecule has 0 atom stereocenters. The van der Waals surface area contributed by atoms with Gasteiger partial charge in [-0.3, -0.25) is 9.69 Å². The van der Waals surface area contributed by atoms with Crippen LogP contribution >= 0.6 is 0 Å². The number of aromatic hydroxyl groups is 1. The van der Waals surface area contributed by atoms with Crippen LogP contribution in [-0.4, -0.2) is 33.7 Å². The molecule has 0 spiro atoms. The second-order valence-electron chi connectivity index (χ2n) is 4.51. The van der Waals surface area contributed by atoms with Crippen LogP contribution in [0, 0.1) is 0 Å². The Labute approximate surface area is 100 Å². The van der Waals surface area contributed by atoms with Gasteiger partial charge in [0.15, 0.2) is 0 Å². The summed E-state index contributed by atoms with van der Waals surface area (Å²) in [6.07, 6.45) is 2.52. The van der Waals surface area contributed by atoms with Gasteiger partial charge in [-0.1, -0.05) is 12.1 Å². The number of nitrogens with zero attached hydrogens (tertiary/aromatic N) is 1. The second kappa shape index (κ2) is 5.19. The highest BCUT2D eigenvalue weighted by Crippen LogP contribution is 2.28. The van der Waals surface area contributed by atoms with Crippen molar-refractivity contribution in [3.05, 3.63) is 29.8 Å². The molecule has 1 saturated carbocycles. The van der Waals surface area contributed by atoms with E-state index in [1.54, 1.807) is 12.1 Å². The van der Waals surface area contributed by atoms with E-state index < -0.39 is 5.97 Å². The predicted molar refractivity (Wildman–Crippen MR) is 63.8 cm³/mol. The summed E-state index contributed by atoms with van der Waals surface area (Å²) in [4.78, 5) is 12.8. The molecule has 2 N–H and O–H groups in total. The fraction of sp³-hybridized carbons (Fsp3) is 0.462. The van der Waals surface area contributed by atoms with Crippen LogP contribution in [0.25, 0.3) is 0 Å². The van der Waals surface area contributed by atoms with Crippen molar-refractivity contribution in [3.8, 4) is 5.75 Å². The molecule has 0 aromatic heterocycles. The van der Waals surface area contributed by atoms with Crippen molar-refractivity contribution in [2.75, 3.05) is 6.54 Å². The van der Waals surface area contributed by atoms with E-state index in [0.29, 0.717) is 12.6 Å². The van der Waals surface area contributed by atoms with Gasteiger partial charge in [-0.05, 0) is 30.5 Å². The molecule has 92 valence electrons. The van der Waals surface area contributed by atoms with Crippen LogP contribution in [0.3, 0.4) is 0 Å². The molecule has 0 aliphatic heterocycles. The van der Waals surface area contributed by atoms with E-state index in [-0.39, 0.29) is 12.2 Å². The van der Waals surface area contributed by atoms with Gasteiger partial charge in [-0.25, -0.2) is 0 Å². The van der Waals surface area contributed by atoms with Crippen LogP contribution in [0.15, 0.2) is 24.3 Å². The molecule has 0 amide bonds. The topological polar surface area (TPSA) is 60.8 Å². The van der Waals surface area contributed by atoms with Crippen LogP contribution in [0.2, 0.25) is 0 Å². The van der Waals surface area contributed by atoms with Crippen molar-refractivity contribution in [2.45, 2.75) is 31.8 Å². The van der Waals surface area contributed by atoms with E-state index in [2.05, 4.69) is 4.90 Å². The Morgan fingerprint density at radius 3 is 2.47 bits per heavy atom. The Morgan fingerprint density at radius 2 is 1.94 bits per heavy atom. The maximum absolute atomic E-state index is 10.6. The largest absolute Gasteiger partial charge is 0.508 e. The first-order chi connectivity index (χ1) is 8.15.